The summed E-state index contributed by atoms with van der Waals surface area (Å²) in [4.78, 5) is 9.16. The summed E-state index contributed by atoms with van der Waals surface area (Å²) in [5, 5.41) is 15.0. The molecular weight excluding hydrogens is 306 g/mol. The quantitative estimate of drug-likeness (QED) is 0.813. The smallest absolute Gasteiger partial charge is 0.147 e. The molecule has 0 amide bonds. The molecule has 0 radical (unpaired) electrons. The van der Waals surface area contributed by atoms with Gasteiger partial charge in [-0.2, -0.15) is 5.10 Å². The zero-order valence-corrected chi connectivity index (χ0v) is 15.0. The first-order valence-corrected chi connectivity index (χ1v) is 9.22. The first-order valence-electron chi connectivity index (χ1n) is 9.22. The lowest BCUT2D eigenvalue weighted by Crippen LogP contribution is -2.49. The second-order valence-electron chi connectivity index (χ2n) is 7.10. The monoisotopic (exact) mass is 337 g/mol. The molecule has 24 heavy (non-hydrogen) atoms. The van der Waals surface area contributed by atoms with E-state index in [1.54, 1.807) is 0 Å². The van der Waals surface area contributed by atoms with Crippen LogP contribution >= 0.6 is 0 Å². The van der Waals surface area contributed by atoms with Crippen molar-refractivity contribution in [2.24, 2.45) is 0 Å². The number of ether oxygens (including phenoxy) is 1. The third-order valence-corrected chi connectivity index (χ3v) is 5.11. The van der Waals surface area contributed by atoms with Crippen LogP contribution in [-0.2, 0) is 11.3 Å². The minimum atomic E-state index is -0.303. The summed E-state index contributed by atoms with van der Waals surface area (Å²) < 4.78 is 7.40. The van der Waals surface area contributed by atoms with Crippen LogP contribution in [0.5, 0.6) is 0 Å². The maximum absolute atomic E-state index is 10.5. The molecule has 0 unspecified atom stereocenters. The fraction of sp³-hybridized carbons (Fsp3) is 0.882. The highest BCUT2D eigenvalue weighted by atomic mass is 16.5. The van der Waals surface area contributed by atoms with Gasteiger partial charge in [0.1, 0.15) is 11.6 Å². The molecule has 2 aliphatic rings. The summed E-state index contributed by atoms with van der Waals surface area (Å²) in [7, 11) is 0. The lowest BCUT2D eigenvalue weighted by Gasteiger charge is -2.38. The number of β-amino-alcohol motifs (C(OH)–C–C–N with tert-alkyl or cyclic N) is 1. The molecule has 0 bridgehead atoms. The van der Waals surface area contributed by atoms with E-state index >= 15 is 0 Å². The summed E-state index contributed by atoms with van der Waals surface area (Å²) in [6.07, 6.45) is 3.34. The molecule has 2 aliphatic heterocycles. The van der Waals surface area contributed by atoms with E-state index in [0.29, 0.717) is 6.04 Å². The normalized spacial score (nSPS) is 25.0. The largest absolute Gasteiger partial charge is 0.390 e. The highest BCUT2D eigenvalue weighted by Gasteiger charge is 2.26. The second kappa shape index (κ2) is 8.38. The van der Waals surface area contributed by atoms with Crippen LogP contribution in [0.3, 0.4) is 0 Å². The summed E-state index contributed by atoms with van der Waals surface area (Å²) in [5.74, 6) is 1.81. The van der Waals surface area contributed by atoms with E-state index in [2.05, 4.69) is 19.9 Å². The van der Waals surface area contributed by atoms with Crippen molar-refractivity contribution in [3.63, 3.8) is 0 Å². The lowest BCUT2D eigenvalue weighted by atomic mass is 10.0. The molecule has 2 atom stereocenters. The Morgan fingerprint density at radius 2 is 1.96 bits per heavy atom. The molecule has 7 nitrogen and oxygen atoms in total. The molecule has 7 heteroatoms. The van der Waals surface area contributed by atoms with E-state index in [4.69, 9.17) is 4.74 Å². The summed E-state index contributed by atoms with van der Waals surface area (Å²) in [6.45, 7) is 10.8. The lowest BCUT2D eigenvalue weighted by molar-refractivity contribution is -0.00189. The van der Waals surface area contributed by atoms with Gasteiger partial charge >= 0.3 is 0 Å². The van der Waals surface area contributed by atoms with Crippen LogP contribution < -0.4 is 0 Å². The predicted octanol–water partition coefficient (Wildman–Crippen LogP) is 0.443. The third kappa shape index (κ3) is 4.75. The molecule has 1 aromatic rings. The van der Waals surface area contributed by atoms with Gasteiger partial charge in [-0.3, -0.25) is 9.80 Å². The van der Waals surface area contributed by atoms with E-state index in [9.17, 15) is 5.11 Å². The average molecular weight is 337 g/mol. The van der Waals surface area contributed by atoms with Crippen LogP contribution in [0.15, 0.2) is 0 Å². The Labute approximate surface area is 144 Å². The van der Waals surface area contributed by atoms with Gasteiger partial charge in [0.25, 0.3) is 0 Å². The van der Waals surface area contributed by atoms with Crippen LogP contribution in [0.2, 0.25) is 0 Å². The molecule has 1 N–H and O–H groups in total. The number of aliphatic hydroxyl groups is 1. The Morgan fingerprint density at radius 3 is 2.67 bits per heavy atom. The van der Waals surface area contributed by atoms with Gasteiger partial charge in [0, 0.05) is 32.2 Å². The second-order valence-corrected chi connectivity index (χ2v) is 7.10. The number of rotatable bonds is 6. The Morgan fingerprint density at radius 1 is 1.17 bits per heavy atom. The molecule has 136 valence electrons. The van der Waals surface area contributed by atoms with Gasteiger partial charge in [-0.15, -0.1) is 0 Å². The molecular formula is C17H31N5O2. The topological polar surface area (TPSA) is 66.7 Å². The van der Waals surface area contributed by atoms with E-state index in [-0.39, 0.29) is 6.10 Å². The summed E-state index contributed by atoms with van der Waals surface area (Å²) in [6, 6.07) is 0.442. The van der Waals surface area contributed by atoms with Crippen LogP contribution in [0.1, 0.15) is 30.9 Å². The van der Waals surface area contributed by atoms with Gasteiger partial charge in [0.15, 0.2) is 0 Å². The number of aliphatic hydroxyl groups excluding tert-OH is 1. The fourth-order valence-corrected chi connectivity index (χ4v) is 3.85. The predicted molar refractivity (Wildman–Crippen MR) is 92.0 cm³/mol. The van der Waals surface area contributed by atoms with Gasteiger partial charge in [-0.25, -0.2) is 9.67 Å². The number of hydrogen-bond donors (Lipinski definition) is 1. The van der Waals surface area contributed by atoms with Gasteiger partial charge in [0.2, 0.25) is 0 Å². The number of likely N-dealkylation sites (tertiary alicyclic amines) is 1. The number of piperidine rings is 1. The van der Waals surface area contributed by atoms with Gasteiger partial charge in [-0.1, -0.05) is 6.42 Å². The zero-order valence-electron chi connectivity index (χ0n) is 15.0. The first kappa shape index (κ1) is 17.8. The van der Waals surface area contributed by atoms with E-state index < -0.39 is 0 Å². The highest BCUT2D eigenvalue weighted by molar-refractivity contribution is 4.90. The number of aryl methyl sites for hydroxylation is 2. The molecule has 0 aliphatic carbocycles. The first-order chi connectivity index (χ1) is 11.6. The molecule has 2 fully saturated rings. The standard InChI is InChI=1S/C17H31N5O2/c1-14-18-15(2)22(19-14)11-16-5-3-4-6-21(16)13-17(23)12-20-7-9-24-10-8-20/h16-17,23H,3-13H2,1-2H3/t16-,17+/m0/s1. The van der Waals surface area contributed by atoms with Crippen LogP contribution in [0.4, 0.5) is 0 Å². The fourth-order valence-electron chi connectivity index (χ4n) is 3.85. The van der Waals surface area contributed by atoms with Gasteiger partial charge in [-0.05, 0) is 33.2 Å². The van der Waals surface area contributed by atoms with E-state index in [1.165, 1.54) is 19.3 Å². The molecule has 1 aromatic heterocycles. The van der Waals surface area contributed by atoms with E-state index in [1.807, 2.05) is 18.5 Å². The van der Waals surface area contributed by atoms with Crippen LogP contribution in [0.25, 0.3) is 0 Å². The SMILES string of the molecule is Cc1nc(C)n(C[C@@H]2CCCCN2C[C@H](O)CN2CCOCC2)n1. The van der Waals surface area contributed by atoms with Crippen molar-refractivity contribution in [3.8, 4) is 0 Å². The Hall–Kier alpha value is -1.02. The van der Waals surface area contributed by atoms with E-state index in [0.717, 1.165) is 64.1 Å². The number of nitrogens with zero attached hydrogens (tertiary/aromatic N) is 5. The van der Waals surface area contributed by atoms with Crippen molar-refractivity contribution in [2.45, 2.75) is 51.8 Å². The van der Waals surface area contributed by atoms with Crippen molar-refractivity contribution in [2.75, 3.05) is 45.9 Å². The molecule has 3 heterocycles. The molecule has 0 aromatic carbocycles. The zero-order chi connectivity index (χ0) is 16.9. The number of hydrogen-bond acceptors (Lipinski definition) is 6. The maximum Gasteiger partial charge on any atom is 0.147 e. The number of morpholine rings is 1. The molecule has 0 saturated carbocycles. The van der Waals surface area contributed by atoms with Crippen LogP contribution in [0, 0.1) is 13.8 Å². The molecule has 0 spiro atoms. The van der Waals surface area contributed by atoms with Gasteiger partial charge < -0.3 is 9.84 Å². The summed E-state index contributed by atoms with van der Waals surface area (Å²) in [5.41, 5.74) is 0. The van der Waals surface area contributed by atoms with Crippen molar-refractivity contribution >= 4 is 0 Å². The maximum atomic E-state index is 10.5. The molecule has 2 saturated heterocycles. The Balaban J connectivity index is 1.54. The van der Waals surface area contributed by atoms with Crippen molar-refractivity contribution < 1.29 is 9.84 Å². The average Bonchev–Trinajstić information content (AvgIpc) is 2.87. The van der Waals surface area contributed by atoms with Gasteiger partial charge in [0.05, 0.1) is 25.9 Å². The minimum absolute atomic E-state index is 0.303. The van der Waals surface area contributed by atoms with Crippen molar-refractivity contribution in [1.29, 1.82) is 0 Å². The van der Waals surface area contributed by atoms with Crippen molar-refractivity contribution in [3.05, 3.63) is 11.6 Å². The van der Waals surface area contributed by atoms with Crippen molar-refractivity contribution in [1.82, 2.24) is 24.6 Å². The van der Waals surface area contributed by atoms with Crippen LogP contribution in [-0.4, -0.2) is 87.8 Å². The Bertz CT molecular complexity index is 515. The Kier molecular flexibility index (Phi) is 6.21. The highest BCUT2D eigenvalue weighted by Crippen LogP contribution is 2.19. The third-order valence-electron chi connectivity index (χ3n) is 5.11. The summed E-state index contributed by atoms with van der Waals surface area (Å²) >= 11 is 0. The molecule has 3 rings (SSSR count). The minimum Gasteiger partial charge on any atom is -0.390 e. The number of aromatic nitrogens is 3.